The SMILES string of the molecule is CC1=CCC(C(=O)O)CC1.CC1=CCC(C(=O)O)CC1.OCCO. The predicted octanol–water partition coefficient (Wildman–Crippen LogP) is 2.61. The molecule has 0 saturated heterocycles. The van der Waals surface area contributed by atoms with Gasteiger partial charge in [-0.25, -0.2) is 0 Å². The molecule has 0 heterocycles. The number of carboxylic acids is 2. The molecule has 0 spiro atoms. The highest BCUT2D eigenvalue weighted by atomic mass is 16.4. The first kappa shape index (κ1) is 22.3. The van der Waals surface area contributed by atoms with Crippen LogP contribution in [0, 0.1) is 11.8 Å². The lowest BCUT2D eigenvalue weighted by molar-refractivity contribution is -0.142. The number of aliphatic carboxylic acids is 2. The van der Waals surface area contributed by atoms with Crippen LogP contribution in [0.15, 0.2) is 23.3 Å². The summed E-state index contributed by atoms with van der Waals surface area (Å²) in [7, 11) is 0. The van der Waals surface area contributed by atoms with E-state index in [9.17, 15) is 9.59 Å². The van der Waals surface area contributed by atoms with Crippen molar-refractivity contribution < 1.29 is 30.0 Å². The van der Waals surface area contributed by atoms with Crippen molar-refractivity contribution in [3.63, 3.8) is 0 Å². The summed E-state index contributed by atoms with van der Waals surface area (Å²) in [5.74, 6) is -1.54. The van der Waals surface area contributed by atoms with Gasteiger partial charge in [-0.1, -0.05) is 23.3 Å². The second-order valence-corrected chi connectivity index (χ2v) is 6.17. The Kier molecular flexibility index (Phi) is 11.8. The van der Waals surface area contributed by atoms with Crippen molar-refractivity contribution in [1.82, 2.24) is 0 Å². The summed E-state index contributed by atoms with van der Waals surface area (Å²) in [6.07, 6.45) is 9.05. The summed E-state index contributed by atoms with van der Waals surface area (Å²) >= 11 is 0. The number of rotatable bonds is 3. The lowest BCUT2D eigenvalue weighted by Gasteiger charge is -2.15. The summed E-state index contributed by atoms with van der Waals surface area (Å²) in [6, 6.07) is 0. The zero-order chi connectivity index (χ0) is 18.5. The first-order chi connectivity index (χ1) is 11.3. The average Bonchev–Trinajstić information content (AvgIpc) is 2.56. The third-order valence-corrected chi connectivity index (χ3v) is 4.07. The van der Waals surface area contributed by atoms with Gasteiger partial charge in [-0.05, 0) is 52.4 Å². The summed E-state index contributed by atoms with van der Waals surface area (Å²) in [6.45, 7) is 3.86. The largest absolute Gasteiger partial charge is 0.481 e. The molecule has 0 amide bonds. The van der Waals surface area contributed by atoms with Crippen molar-refractivity contribution in [3.05, 3.63) is 23.3 Å². The van der Waals surface area contributed by atoms with Crippen LogP contribution in [-0.4, -0.2) is 45.6 Å². The maximum absolute atomic E-state index is 10.4. The fourth-order valence-corrected chi connectivity index (χ4v) is 2.38. The highest BCUT2D eigenvalue weighted by molar-refractivity contribution is 5.70. The van der Waals surface area contributed by atoms with Crippen molar-refractivity contribution in [2.45, 2.75) is 52.4 Å². The van der Waals surface area contributed by atoms with E-state index in [0.29, 0.717) is 0 Å². The van der Waals surface area contributed by atoms with Gasteiger partial charge in [0, 0.05) is 0 Å². The molecule has 2 aliphatic carbocycles. The number of hydrogen-bond acceptors (Lipinski definition) is 4. The van der Waals surface area contributed by atoms with E-state index in [4.69, 9.17) is 20.4 Å². The molecule has 138 valence electrons. The molecule has 0 aromatic heterocycles. The first-order valence-corrected chi connectivity index (χ1v) is 8.30. The molecule has 6 nitrogen and oxygen atoms in total. The molecular weight excluding hydrogens is 312 g/mol. The van der Waals surface area contributed by atoms with Gasteiger partial charge in [0.25, 0.3) is 0 Å². The van der Waals surface area contributed by atoms with Gasteiger partial charge < -0.3 is 20.4 Å². The molecule has 0 radical (unpaired) electrons. The summed E-state index contributed by atoms with van der Waals surface area (Å²) in [4.78, 5) is 20.9. The molecule has 24 heavy (non-hydrogen) atoms. The minimum absolute atomic E-state index is 0.122. The van der Waals surface area contributed by atoms with E-state index in [1.54, 1.807) is 0 Å². The highest BCUT2D eigenvalue weighted by Crippen LogP contribution is 2.23. The normalized spacial score (nSPS) is 22.7. The average molecular weight is 342 g/mol. The summed E-state index contributed by atoms with van der Waals surface area (Å²) in [5.41, 5.74) is 2.66. The number of aliphatic hydroxyl groups excluding tert-OH is 2. The molecule has 2 aliphatic rings. The number of carbonyl (C=O) groups is 2. The Morgan fingerprint density at radius 3 is 1.38 bits per heavy atom. The van der Waals surface area contributed by atoms with Crippen molar-refractivity contribution in [2.24, 2.45) is 11.8 Å². The van der Waals surface area contributed by atoms with Gasteiger partial charge in [-0.15, -0.1) is 0 Å². The van der Waals surface area contributed by atoms with Gasteiger partial charge in [0.15, 0.2) is 0 Å². The van der Waals surface area contributed by atoms with E-state index in [1.807, 2.05) is 12.2 Å². The van der Waals surface area contributed by atoms with Gasteiger partial charge in [0.1, 0.15) is 0 Å². The summed E-state index contributed by atoms with van der Waals surface area (Å²) in [5, 5.41) is 32.4. The molecule has 2 unspecified atom stereocenters. The fraction of sp³-hybridized carbons (Fsp3) is 0.667. The number of aliphatic hydroxyl groups is 2. The Balaban J connectivity index is 0.000000363. The van der Waals surface area contributed by atoms with Crippen LogP contribution in [0.1, 0.15) is 52.4 Å². The van der Waals surface area contributed by atoms with Gasteiger partial charge in [-0.3, -0.25) is 9.59 Å². The molecule has 0 bridgehead atoms. The molecule has 0 fully saturated rings. The Morgan fingerprint density at radius 2 is 1.21 bits per heavy atom. The molecule has 4 N–H and O–H groups in total. The van der Waals surface area contributed by atoms with Crippen LogP contribution in [0.3, 0.4) is 0 Å². The molecule has 0 aliphatic heterocycles. The second kappa shape index (κ2) is 12.7. The van der Waals surface area contributed by atoms with E-state index < -0.39 is 11.9 Å². The van der Waals surface area contributed by atoms with Crippen LogP contribution >= 0.6 is 0 Å². The lowest BCUT2D eigenvalue weighted by Crippen LogP contribution is -2.15. The molecule has 0 aromatic rings. The van der Waals surface area contributed by atoms with E-state index in [1.165, 1.54) is 11.1 Å². The van der Waals surface area contributed by atoms with E-state index in [-0.39, 0.29) is 25.0 Å². The predicted molar refractivity (Wildman–Crippen MR) is 91.6 cm³/mol. The quantitative estimate of drug-likeness (QED) is 0.586. The smallest absolute Gasteiger partial charge is 0.306 e. The minimum atomic E-state index is -0.649. The topological polar surface area (TPSA) is 115 Å². The van der Waals surface area contributed by atoms with Crippen LogP contribution < -0.4 is 0 Å². The van der Waals surface area contributed by atoms with Gasteiger partial charge in [0.2, 0.25) is 0 Å². The Hall–Kier alpha value is -1.66. The molecular formula is C18H30O6. The molecule has 6 heteroatoms. The van der Waals surface area contributed by atoms with Crippen LogP contribution in [0.5, 0.6) is 0 Å². The van der Waals surface area contributed by atoms with Crippen molar-refractivity contribution in [3.8, 4) is 0 Å². The zero-order valence-corrected chi connectivity index (χ0v) is 14.6. The number of allylic oxidation sites excluding steroid dienone is 4. The monoisotopic (exact) mass is 342 g/mol. The van der Waals surface area contributed by atoms with Crippen molar-refractivity contribution >= 4 is 11.9 Å². The van der Waals surface area contributed by atoms with E-state index >= 15 is 0 Å². The Bertz CT molecular complexity index is 410. The van der Waals surface area contributed by atoms with E-state index in [2.05, 4.69) is 13.8 Å². The third kappa shape index (κ3) is 10.2. The molecule has 2 rings (SSSR count). The maximum Gasteiger partial charge on any atom is 0.306 e. The summed E-state index contributed by atoms with van der Waals surface area (Å²) < 4.78 is 0. The lowest BCUT2D eigenvalue weighted by atomic mass is 9.90. The van der Waals surface area contributed by atoms with Gasteiger partial charge >= 0.3 is 11.9 Å². The van der Waals surface area contributed by atoms with Crippen molar-refractivity contribution in [1.29, 1.82) is 0 Å². The number of carboxylic acid groups (broad SMARTS) is 2. The molecule has 0 aromatic carbocycles. The zero-order valence-electron chi connectivity index (χ0n) is 14.6. The van der Waals surface area contributed by atoms with Crippen LogP contribution in [-0.2, 0) is 9.59 Å². The standard InChI is InChI=1S/2C8H12O2.C2H6O2/c2*1-6-2-4-7(5-3-6)8(9)10;3-1-2-4/h2*2,7H,3-5H2,1H3,(H,9,10);3-4H,1-2H2. The van der Waals surface area contributed by atoms with Crippen LogP contribution in [0.4, 0.5) is 0 Å². The second-order valence-electron chi connectivity index (χ2n) is 6.17. The van der Waals surface area contributed by atoms with E-state index in [0.717, 1.165) is 38.5 Å². The molecule has 0 saturated carbocycles. The molecule has 2 atom stereocenters. The van der Waals surface area contributed by atoms with Crippen LogP contribution in [0.25, 0.3) is 0 Å². The highest BCUT2D eigenvalue weighted by Gasteiger charge is 2.19. The van der Waals surface area contributed by atoms with Gasteiger partial charge in [-0.2, -0.15) is 0 Å². The fourth-order valence-electron chi connectivity index (χ4n) is 2.38. The Labute approximate surface area is 143 Å². The van der Waals surface area contributed by atoms with Gasteiger partial charge in [0.05, 0.1) is 25.0 Å². The van der Waals surface area contributed by atoms with Crippen LogP contribution in [0.2, 0.25) is 0 Å². The first-order valence-electron chi connectivity index (χ1n) is 8.30. The van der Waals surface area contributed by atoms with Crippen molar-refractivity contribution in [2.75, 3.05) is 13.2 Å². The third-order valence-electron chi connectivity index (χ3n) is 4.07. The Morgan fingerprint density at radius 1 is 0.875 bits per heavy atom. The minimum Gasteiger partial charge on any atom is -0.481 e. The maximum atomic E-state index is 10.4. The number of hydrogen-bond donors (Lipinski definition) is 4.